The summed E-state index contributed by atoms with van der Waals surface area (Å²) in [6, 6.07) is 0. The third kappa shape index (κ3) is 60.0. The first-order valence-electron chi connectivity index (χ1n) is 32.3. The van der Waals surface area contributed by atoms with Gasteiger partial charge in [0.15, 0.2) is 6.10 Å². The summed E-state index contributed by atoms with van der Waals surface area (Å²) in [7, 11) is 0. The van der Waals surface area contributed by atoms with Gasteiger partial charge >= 0.3 is 17.9 Å². The van der Waals surface area contributed by atoms with Crippen molar-refractivity contribution in [3.8, 4) is 0 Å². The van der Waals surface area contributed by atoms with E-state index in [2.05, 4.69) is 81.5 Å². The second-order valence-corrected chi connectivity index (χ2v) is 21.7. The molecule has 430 valence electrons. The van der Waals surface area contributed by atoms with Crippen molar-refractivity contribution < 1.29 is 28.6 Å². The van der Waals surface area contributed by atoms with E-state index in [9.17, 15) is 14.4 Å². The number of rotatable bonds is 59. The monoisotopic (exact) mass is 1030 g/mol. The number of carbonyl (C=O) groups excluding carboxylic acids is 3. The first kappa shape index (κ1) is 71.1. The first-order valence-corrected chi connectivity index (χ1v) is 32.3. The molecule has 0 aromatic carbocycles. The van der Waals surface area contributed by atoms with Gasteiger partial charge in [-0.1, -0.05) is 319 Å². The maximum Gasteiger partial charge on any atom is 0.306 e. The molecule has 0 radical (unpaired) electrons. The van der Waals surface area contributed by atoms with Crippen molar-refractivity contribution in [2.24, 2.45) is 0 Å². The predicted molar refractivity (Wildman–Crippen MR) is 321 cm³/mol. The number of hydrogen-bond donors (Lipinski definition) is 0. The summed E-state index contributed by atoms with van der Waals surface area (Å²) in [5.74, 6) is -0.943. The van der Waals surface area contributed by atoms with Gasteiger partial charge in [0.25, 0.3) is 0 Å². The van der Waals surface area contributed by atoms with E-state index >= 15 is 0 Å². The fourth-order valence-corrected chi connectivity index (χ4v) is 9.48. The number of carbonyl (C=O) groups is 3. The van der Waals surface area contributed by atoms with Crippen LogP contribution < -0.4 is 0 Å². The van der Waals surface area contributed by atoms with Gasteiger partial charge in [-0.2, -0.15) is 0 Å². The average molecular weight is 1040 g/mol. The minimum absolute atomic E-state index is 0.0933. The molecule has 0 spiro atoms. The van der Waals surface area contributed by atoms with Gasteiger partial charge in [-0.05, 0) is 57.8 Å². The van der Waals surface area contributed by atoms with Gasteiger partial charge in [0, 0.05) is 19.3 Å². The molecule has 0 aliphatic rings. The van der Waals surface area contributed by atoms with Gasteiger partial charge in [0.05, 0.1) is 0 Å². The lowest BCUT2D eigenvalue weighted by molar-refractivity contribution is -0.167. The zero-order chi connectivity index (χ0) is 53.6. The zero-order valence-electron chi connectivity index (χ0n) is 49.4. The highest BCUT2D eigenvalue weighted by atomic mass is 16.6. The maximum absolute atomic E-state index is 12.8. The van der Waals surface area contributed by atoms with Crippen LogP contribution in [0.25, 0.3) is 0 Å². The number of hydrogen-bond acceptors (Lipinski definition) is 6. The van der Waals surface area contributed by atoms with Crippen LogP contribution in [0.4, 0.5) is 0 Å². The molecule has 0 aliphatic carbocycles. The largest absolute Gasteiger partial charge is 0.462 e. The molecule has 6 nitrogen and oxygen atoms in total. The highest BCUT2D eigenvalue weighted by molar-refractivity contribution is 5.71. The second kappa shape index (κ2) is 62.6. The van der Waals surface area contributed by atoms with Crippen LogP contribution in [0.5, 0.6) is 0 Å². The smallest absolute Gasteiger partial charge is 0.306 e. The van der Waals surface area contributed by atoms with E-state index in [0.717, 1.165) is 77.0 Å². The molecule has 6 heteroatoms. The minimum atomic E-state index is -0.800. The standard InChI is InChI=1S/C68H122O6/c1-4-7-10-13-16-19-21-23-25-27-28-29-30-31-32-33-34-35-36-37-38-39-40-42-43-45-47-49-52-55-58-61-67(70)73-64-65(63-72-66(69)60-57-54-51-18-15-12-9-6-3)74-68(71)62-59-56-53-50-48-46-44-41-26-24-22-20-17-14-11-8-5-2/h8,11,17,20,24,26,44,46,50,53,65H,4-7,9-10,12-16,18-19,21-23,25,27-43,45,47-49,51-52,54-64H2,1-3H3/b11-8-,20-17-,26-24-,46-44-,53-50-. The molecule has 74 heavy (non-hydrogen) atoms. The third-order valence-electron chi connectivity index (χ3n) is 14.3. The number of allylic oxidation sites excluding steroid dienone is 10. The fourth-order valence-electron chi connectivity index (χ4n) is 9.48. The lowest BCUT2D eigenvalue weighted by atomic mass is 10.0. The molecule has 0 heterocycles. The molecule has 0 N–H and O–H groups in total. The second-order valence-electron chi connectivity index (χ2n) is 21.7. The van der Waals surface area contributed by atoms with Crippen LogP contribution in [-0.2, 0) is 28.6 Å². The summed E-state index contributed by atoms with van der Waals surface area (Å²) in [6.45, 7) is 6.49. The molecule has 1 unspecified atom stereocenters. The Morgan fingerprint density at radius 2 is 0.527 bits per heavy atom. The molecule has 0 fully saturated rings. The van der Waals surface area contributed by atoms with Gasteiger partial charge in [-0.15, -0.1) is 0 Å². The molecule has 0 saturated carbocycles. The lowest BCUT2D eigenvalue weighted by Gasteiger charge is -2.18. The van der Waals surface area contributed by atoms with Crippen molar-refractivity contribution in [3.05, 3.63) is 60.8 Å². The molecule has 1 atom stereocenters. The van der Waals surface area contributed by atoms with Crippen LogP contribution in [0.15, 0.2) is 60.8 Å². The summed E-state index contributed by atoms with van der Waals surface area (Å²) < 4.78 is 16.8. The van der Waals surface area contributed by atoms with E-state index in [0.29, 0.717) is 19.3 Å². The van der Waals surface area contributed by atoms with Crippen molar-refractivity contribution in [2.75, 3.05) is 13.2 Å². The Bertz CT molecular complexity index is 1330. The van der Waals surface area contributed by atoms with Crippen LogP contribution in [-0.4, -0.2) is 37.2 Å². The van der Waals surface area contributed by atoms with Gasteiger partial charge in [0.2, 0.25) is 0 Å². The van der Waals surface area contributed by atoms with Crippen LogP contribution in [0.1, 0.15) is 335 Å². The molecule has 0 aliphatic heterocycles. The van der Waals surface area contributed by atoms with Gasteiger partial charge in [-0.3, -0.25) is 14.4 Å². The maximum atomic E-state index is 12.8. The predicted octanol–water partition coefficient (Wildman–Crippen LogP) is 21.9. The summed E-state index contributed by atoms with van der Waals surface area (Å²) in [4.78, 5) is 38.0. The van der Waals surface area contributed by atoms with Crippen molar-refractivity contribution >= 4 is 17.9 Å². The van der Waals surface area contributed by atoms with Gasteiger partial charge < -0.3 is 14.2 Å². The molecule has 0 rings (SSSR count). The van der Waals surface area contributed by atoms with E-state index in [-0.39, 0.29) is 37.5 Å². The normalized spacial score (nSPS) is 12.4. The summed E-state index contributed by atoms with van der Waals surface area (Å²) >= 11 is 0. The topological polar surface area (TPSA) is 78.9 Å². The van der Waals surface area contributed by atoms with E-state index < -0.39 is 6.10 Å². The number of esters is 3. The van der Waals surface area contributed by atoms with Crippen molar-refractivity contribution in [3.63, 3.8) is 0 Å². The van der Waals surface area contributed by atoms with E-state index in [1.165, 1.54) is 212 Å². The molecule has 0 aromatic rings. The number of unbranched alkanes of at least 4 members (excludes halogenated alkanes) is 38. The Labute approximate surface area is 460 Å². The van der Waals surface area contributed by atoms with Crippen LogP contribution in [0.2, 0.25) is 0 Å². The average Bonchev–Trinajstić information content (AvgIpc) is 3.40. The molecule has 0 bridgehead atoms. The molecule has 0 amide bonds. The highest BCUT2D eigenvalue weighted by Gasteiger charge is 2.19. The lowest BCUT2D eigenvalue weighted by Crippen LogP contribution is -2.30. The third-order valence-corrected chi connectivity index (χ3v) is 14.3. The van der Waals surface area contributed by atoms with Crippen LogP contribution >= 0.6 is 0 Å². The van der Waals surface area contributed by atoms with Crippen molar-refractivity contribution in [1.29, 1.82) is 0 Å². The summed E-state index contributed by atoms with van der Waals surface area (Å²) in [5, 5.41) is 0. The van der Waals surface area contributed by atoms with Gasteiger partial charge in [0.1, 0.15) is 13.2 Å². The Kier molecular flexibility index (Phi) is 60.2. The van der Waals surface area contributed by atoms with Gasteiger partial charge in [-0.25, -0.2) is 0 Å². The summed E-state index contributed by atoms with van der Waals surface area (Å²) in [6.07, 6.45) is 80.0. The number of ether oxygens (including phenoxy) is 3. The van der Waals surface area contributed by atoms with Crippen molar-refractivity contribution in [2.45, 2.75) is 341 Å². The van der Waals surface area contributed by atoms with Crippen LogP contribution in [0, 0.1) is 0 Å². The molecular formula is C68H122O6. The first-order chi connectivity index (χ1) is 36.5. The Hall–Kier alpha value is -2.89. The molecular weight excluding hydrogens is 913 g/mol. The van der Waals surface area contributed by atoms with Crippen molar-refractivity contribution in [1.82, 2.24) is 0 Å². The quantitative estimate of drug-likeness (QED) is 0.0261. The molecule has 0 saturated heterocycles. The minimum Gasteiger partial charge on any atom is -0.462 e. The molecule has 0 aromatic heterocycles. The fraction of sp³-hybridized carbons (Fsp3) is 0.809. The van der Waals surface area contributed by atoms with Crippen LogP contribution in [0.3, 0.4) is 0 Å². The highest BCUT2D eigenvalue weighted by Crippen LogP contribution is 2.18. The van der Waals surface area contributed by atoms with E-state index in [1.54, 1.807) is 0 Å². The van der Waals surface area contributed by atoms with E-state index in [4.69, 9.17) is 14.2 Å². The Morgan fingerprint density at radius 3 is 0.811 bits per heavy atom. The Morgan fingerprint density at radius 1 is 0.284 bits per heavy atom. The zero-order valence-corrected chi connectivity index (χ0v) is 49.4. The summed E-state index contributed by atoms with van der Waals surface area (Å²) in [5.41, 5.74) is 0. The van der Waals surface area contributed by atoms with E-state index in [1.807, 2.05) is 0 Å². The SMILES string of the molecule is CC/C=C\C/C=C\C/C=C\C/C=C\C/C=C\CCCC(=O)OC(COC(=O)CCCCCCCCCC)COC(=O)CCCCCCCCCCCCCCCCCCCCCCCCCCCCCCCCC. The Balaban J connectivity index is 4.07.